The highest BCUT2D eigenvalue weighted by atomic mass is 32.2. The van der Waals surface area contributed by atoms with Crippen molar-refractivity contribution in [1.82, 2.24) is 9.88 Å². The summed E-state index contributed by atoms with van der Waals surface area (Å²) in [6, 6.07) is 12.0. The highest BCUT2D eigenvalue weighted by Gasteiger charge is 2.33. The van der Waals surface area contributed by atoms with Gasteiger partial charge in [0.1, 0.15) is 21.8 Å². The van der Waals surface area contributed by atoms with Crippen LogP contribution in [0.3, 0.4) is 0 Å². The second kappa shape index (κ2) is 13.1. The van der Waals surface area contributed by atoms with Crippen LogP contribution in [0.5, 0.6) is 0 Å². The van der Waals surface area contributed by atoms with E-state index in [4.69, 9.17) is 17.0 Å². The molecule has 10 heteroatoms. The van der Waals surface area contributed by atoms with Gasteiger partial charge in [0.05, 0.1) is 17.4 Å². The lowest BCUT2D eigenvalue weighted by atomic mass is 9.94. The van der Waals surface area contributed by atoms with E-state index in [0.29, 0.717) is 78.1 Å². The predicted octanol–water partition coefficient (Wildman–Crippen LogP) is 4.42. The minimum Gasteiger partial charge on any atom is -0.466 e. The van der Waals surface area contributed by atoms with E-state index in [1.165, 1.54) is 11.8 Å². The number of benzene rings is 1. The number of amides is 1. The average molecular weight is 565 g/mol. The monoisotopic (exact) mass is 564 g/mol. The van der Waals surface area contributed by atoms with Crippen molar-refractivity contribution in [1.29, 1.82) is 5.26 Å². The Morgan fingerprint density at radius 2 is 1.92 bits per heavy atom. The molecule has 0 saturated carbocycles. The summed E-state index contributed by atoms with van der Waals surface area (Å²) in [6.07, 6.45) is 4.87. The molecule has 1 N–H and O–H groups in total. The first kappa shape index (κ1) is 28.6. The molecule has 0 atom stereocenters. The molecule has 1 amide bonds. The number of esters is 1. The molecule has 0 aliphatic carbocycles. The third-order valence-corrected chi connectivity index (χ3v) is 8.38. The van der Waals surface area contributed by atoms with Crippen molar-refractivity contribution in [3.8, 4) is 6.07 Å². The molecule has 1 aromatic heterocycles. The summed E-state index contributed by atoms with van der Waals surface area (Å²) in [5, 5.41) is 9.82. The summed E-state index contributed by atoms with van der Waals surface area (Å²) in [5.41, 5.74) is 2.02. The summed E-state index contributed by atoms with van der Waals surface area (Å²) in [7, 11) is 0. The number of ether oxygens (including phenoxy) is 1. The normalized spacial score (nSPS) is 17.1. The van der Waals surface area contributed by atoms with E-state index in [2.05, 4.69) is 11.1 Å². The Labute approximate surface area is 238 Å². The highest BCUT2D eigenvalue weighted by Crippen LogP contribution is 2.36. The van der Waals surface area contributed by atoms with Crippen LogP contribution in [0.4, 0.5) is 5.82 Å². The second-order valence-electron chi connectivity index (χ2n) is 9.51. The van der Waals surface area contributed by atoms with Crippen LogP contribution < -0.4 is 10.5 Å². The Morgan fingerprint density at radius 1 is 1.21 bits per heavy atom. The fraction of sp³-hybridized carbons (Fsp3) is 0.414. The predicted molar refractivity (Wildman–Crippen MR) is 157 cm³/mol. The van der Waals surface area contributed by atoms with E-state index in [-0.39, 0.29) is 23.4 Å². The molecular weight excluding hydrogens is 532 g/mol. The molecule has 0 bridgehead atoms. The smallest absolute Gasteiger partial charge is 0.309 e. The van der Waals surface area contributed by atoms with Gasteiger partial charge in [-0.3, -0.25) is 19.3 Å². The lowest BCUT2D eigenvalue weighted by Gasteiger charge is -2.33. The average Bonchev–Trinajstić information content (AvgIpc) is 3.21. The first-order valence-electron chi connectivity index (χ1n) is 13.3. The van der Waals surface area contributed by atoms with Gasteiger partial charge in [-0.05, 0) is 49.8 Å². The minimum atomic E-state index is -0.448. The lowest BCUT2D eigenvalue weighted by Crippen LogP contribution is -2.39. The molecule has 3 heterocycles. The molecule has 2 aliphatic heterocycles. The molecule has 0 spiro atoms. The van der Waals surface area contributed by atoms with Gasteiger partial charge in [-0.15, -0.1) is 0 Å². The molecule has 1 aromatic carbocycles. The first-order valence-corrected chi connectivity index (χ1v) is 14.5. The van der Waals surface area contributed by atoms with Crippen LogP contribution in [0.2, 0.25) is 0 Å². The van der Waals surface area contributed by atoms with E-state index in [1.807, 2.05) is 42.2 Å². The quantitative estimate of drug-likeness (QED) is 0.271. The number of aromatic amines is 1. The number of nitrogens with one attached hydrogen (secondary N) is 1. The van der Waals surface area contributed by atoms with Crippen molar-refractivity contribution in [3.63, 3.8) is 0 Å². The van der Waals surface area contributed by atoms with Crippen molar-refractivity contribution in [2.45, 2.75) is 46.0 Å². The van der Waals surface area contributed by atoms with Crippen LogP contribution in [0.25, 0.3) is 6.08 Å². The molecule has 39 heavy (non-hydrogen) atoms. The van der Waals surface area contributed by atoms with E-state index < -0.39 is 5.56 Å². The molecule has 204 valence electrons. The Morgan fingerprint density at radius 3 is 2.56 bits per heavy atom. The third-order valence-electron chi connectivity index (χ3n) is 7.00. The summed E-state index contributed by atoms with van der Waals surface area (Å²) >= 11 is 6.79. The Kier molecular flexibility index (Phi) is 9.59. The standard InChI is InChI=1S/C29H32N4O4S2/c1-3-8-21-22(17-24-27(35)33(29(38)39-24)16-11-19-9-6-5-7-10-19)25(31-26(34)23(21)18-30)32-14-12-20(13-15-32)28(36)37-4-2/h5-7,9-10,17,20H,3-4,8,11-16H2,1-2H3,(H,31,34). The van der Waals surface area contributed by atoms with E-state index in [0.717, 1.165) is 12.0 Å². The zero-order chi connectivity index (χ0) is 27.9. The minimum absolute atomic E-state index is 0.0628. The number of H-pyrrole nitrogens is 1. The van der Waals surface area contributed by atoms with Crippen LogP contribution in [-0.2, 0) is 27.2 Å². The van der Waals surface area contributed by atoms with Gasteiger partial charge >= 0.3 is 5.97 Å². The number of nitrogens with zero attached hydrogens (tertiary/aromatic N) is 3. The van der Waals surface area contributed by atoms with Crippen molar-refractivity contribution >= 4 is 52.1 Å². The van der Waals surface area contributed by atoms with Gasteiger partial charge in [-0.2, -0.15) is 5.26 Å². The SMILES string of the molecule is CCCc1c(C=C2SC(=S)N(CCc3ccccc3)C2=O)c(N2CCC(C(=O)OCC)CC2)[nH]c(=O)c1C#N. The molecular formula is C29H32N4O4S2. The summed E-state index contributed by atoms with van der Waals surface area (Å²) in [5.74, 6) is 0.00152. The molecule has 2 aromatic rings. The number of anilines is 1. The Hall–Kier alpha value is -3.42. The maximum absolute atomic E-state index is 13.4. The van der Waals surface area contributed by atoms with E-state index in [9.17, 15) is 19.6 Å². The second-order valence-corrected chi connectivity index (χ2v) is 11.2. The molecule has 4 rings (SSSR count). The molecule has 8 nitrogen and oxygen atoms in total. The molecule has 2 saturated heterocycles. The van der Waals surface area contributed by atoms with E-state index >= 15 is 0 Å². The van der Waals surface area contributed by atoms with Crippen molar-refractivity contribution in [2.75, 3.05) is 31.1 Å². The Balaban J connectivity index is 1.67. The Bertz CT molecular complexity index is 1370. The molecule has 0 radical (unpaired) electrons. The summed E-state index contributed by atoms with van der Waals surface area (Å²) in [6.45, 7) is 5.67. The number of hydrogen-bond acceptors (Lipinski definition) is 8. The van der Waals surface area contributed by atoms with Gasteiger partial charge in [0.25, 0.3) is 11.5 Å². The highest BCUT2D eigenvalue weighted by molar-refractivity contribution is 8.26. The van der Waals surface area contributed by atoms with Gasteiger partial charge in [0.15, 0.2) is 0 Å². The zero-order valence-electron chi connectivity index (χ0n) is 22.2. The summed E-state index contributed by atoms with van der Waals surface area (Å²) in [4.78, 5) is 45.7. The number of pyridine rings is 1. The van der Waals surface area contributed by atoms with Crippen molar-refractivity contribution < 1.29 is 14.3 Å². The topological polar surface area (TPSA) is 106 Å². The van der Waals surface area contributed by atoms with Crippen LogP contribution in [-0.4, -0.2) is 52.3 Å². The molecule has 0 unspecified atom stereocenters. The van der Waals surface area contributed by atoms with Gasteiger partial charge < -0.3 is 14.6 Å². The lowest BCUT2D eigenvalue weighted by molar-refractivity contribution is -0.148. The number of carbonyl (C=O) groups excluding carboxylic acids is 2. The third kappa shape index (κ3) is 6.43. The van der Waals surface area contributed by atoms with Crippen molar-refractivity contribution in [2.24, 2.45) is 5.92 Å². The van der Waals surface area contributed by atoms with Crippen LogP contribution >= 0.6 is 24.0 Å². The number of carbonyl (C=O) groups is 2. The number of thioether (sulfide) groups is 1. The molecule has 2 fully saturated rings. The maximum atomic E-state index is 13.4. The number of hydrogen-bond donors (Lipinski definition) is 1. The largest absolute Gasteiger partial charge is 0.466 e. The number of rotatable bonds is 9. The van der Waals surface area contributed by atoms with Gasteiger partial charge in [0.2, 0.25) is 0 Å². The van der Waals surface area contributed by atoms with Gasteiger partial charge in [-0.1, -0.05) is 67.7 Å². The van der Waals surface area contributed by atoms with Crippen LogP contribution in [0.1, 0.15) is 55.4 Å². The van der Waals surface area contributed by atoms with E-state index in [1.54, 1.807) is 17.9 Å². The summed E-state index contributed by atoms with van der Waals surface area (Å²) < 4.78 is 5.68. The zero-order valence-corrected chi connectivity index (χ0v) is 23.8. The van der Waals surface area contributed by atoms with Crippen LogP contribution in [0.15, 0.2) is 40.0 Å². The number of thiocarbonyl (C=S) groups is 1. The maximum Gasteiger partial charge on any atom is 0.309 e. The fourth-order valence-corrected chi connectivity index (χ4v) is 6.28. The van der Waals surface area contributed by atoms with Gasteiger partial charge in [0, 0.05) is 25.2 Å². The number of nitriles is 1. The fourth-order valence-electron chi connectivity index (χ4n) is 4.99. The molecule has 2 aliphatic rings. The van der Waals surface area contributed by atoms with Gasteiger partial charge in [-0.25, -0.2) is 0 Å². The van der Waals surface area contributed by atoms with Crippen molar-refractivity contribution in [3.05, 3.63) is 67.8 Å². The number of piperidine rings is 1. The van der Waals surface area contributed by atoms with Crippen LogP contribution in [0, 0.1) is 17.2 Å². The first-order chi connectivity index (χ1) is 18.9. The number of aromatic nitrogens is 1.